The quantitative estimate of drug-likeness (QED) is 0.260. The standard InChI is InChI=1S/C35H38N4O2/c36-20-7-6-12-33-34(40)37(24-27-15-18-29-10-4-5-11-31(29)22-27)21-19-32-25-38(35(41)39(32)33)23-26-13-16-30(17-14-26)28-8-2-1-3-9-28/h1-5,8-11,13-18,22,32-33H,6-7,12,19-21,23-25,36H2/t32-,33-/m1/s1. The zero-order chi connectivity index (χ0) is 28.2. The van der Waals surface area contributed by atoms with Gasteiger partial charge < -0.3 is 20.4 Å². The molecule has 41 heavy (non-hydrogen) atoms. The van der Waals surface area contributed by atoms with Crippen molar-refractivity contribution in [1.82, 2.24) is 14.7 Å². The molecule has 6 heteroatoms. The summed E-state index contributed by atoms with van der Waals surface area (Å²) in [5.74, 6) is 0.0556. The van der Waals surface area contributed by atoms with Crippen molar-refractivity contribution in [3.8, 4) is 11.1 Å². The molecule has 6 nitrogen and oxygen atoms in total. The molecule has 0 unspecified atom stereocenters. The summed E-state index contributed by atoms with van der Waals surface area (Å²) in [6.45, 7) is 2.98. The van der Waals surface area contributed by atoms with Crippen LogP contribution in [0.4, 0.5) is 4.79 Å². The monoisotopic (exact) mass is 546 g/mol. The molecule has 2 fully saturated rings. The van der Waals surface area contributed by atoms with E-state index in [0.29, 0.717) is 39.1 Å². The van der Waals surface area contributed by atoms with Crippen LogP contribution in [0.2, 0.25) is 0 Å². The van der Waals surface area contributed by atoms with Crippen LogP contribution in [0.25, 0.3) is 21.9 Å². The Hall–Kier alpha value is -4.16. The molecule has 2 atom stereocenters. The SMILES string of the molecule is NCCCC[C@@H]1C(=O)N(Cc2ccc3ccccc3c2)CC[C@@H]2CN(Cc3ccc(-c4ccccc4)cc3)C(=O)N21. The number of unbranched alkanes of at least 4 members (excludes halogenated alkanes) is 1. The molecule has 3 amide bonds. The number of hydrogen-bond acceptors (Lipinski definition) is 3. The first kappa shape index (κ1) is 27.0. The van der Waals surface area contributed by atoms with Crippen LogP contribution >= 0.6 is 0 Å². The summed E-state index contributed by atoms with van der Waals surface area (Å²) in [7, 11) is 0. The fourth-order valence-corrected chi connectivity index (χ4v) is 6.35. The van der Waals surface area contributed by atoms with E-state index in [1.54, 1.807) is 0 Å². The third-order valence-corrected chi connectivity index (χ3v) is 8.53. The fourth-order valence-electron chi connectivity index (χ4n) is 6.35. The van der Waals surface area contributed by atoms with Crippen LogP contribution in [0.1, 0.15) is 36.8 Å². The first-order valence-corrected chi connectivity index (χ1v) is 14.8. The number of rotatable bonds is 9. The van der Waals surface area contributed by atoms with Crippen LogP contribution in [0.15, 0.2) is 97.1 Å². The Kier molecular flexibility index (Phi) is 8.01. The molecule has 6 rings (SSSR count). The molecule has 2 N–H and O–H groups in total. The van der Waals surface area contributed by atoms with Gasteiger partial charge in [-0.3, -0.25) is 4.79 Å². The molecular formula is C35H38N4O2. The first-order chi connectivity index (χ1) is 20.1. The predicted molar refractivity (Wildman–Crippen MR) is 164 cm³/mol. The van der Waals surface area contributed by atoms with E-state index in [-0.39, 0.29) is 18.0 Å². The lowest BCUT2D eigenvalue weighted by Crippen LogP contribution is -2.49. The Morgan fingerprint density at radius 1 is 0.707 bits per heavy atom. The van der Waals surface area contributed by atoms with Crippen molar-refractivity contribution in [1.29, 1.82) is 0 Å². The van der Waals surface area contributed by atoms with Gasteiger partial charge >= 0.3 is 6.03 Å². The number of nitrogens with two attached hydrogens (primary N) is 1. The lowest BCUT2D eigenvalue weighted by molar-refractivity contribution is -0.135. The summed E-state index contributed by atoms with van der Waals surface area (Å²) in [5, 5.41) is 2.37. The highest BCUT2D eigenvalue weighted by atomic mass is 16.2. The van der Waals surface area contributed by atoms with Gasteiger partial charge in [0.25, 0.3) is 0 Å². The third-order valence-electron chi connectivity index (χ3n) is 8.53. The van der Waals surface area contributed by atoms with E-state index in [9.17, 15) is 9.59 Å². The Morgan fingerprint density at radius 2 is 1.39 bits per heavy atom. The van der Waals surface area contributed by atoms with Crippen LogP contribution in [0.3, 0.4) is 0 Å². The minimum atomic E-state index is -0.451. The summed E-state index contributed by atoms with van der Waals surface area (Å²) < 4.78 is 0. The van der Waals surface area contributed by atoms with Crippen molar-refractivity contribution < 1.29 is 9.59 Å². The summed E-state index contributed by atoms with van der Waals surface area (Å²) >= 11 is 0. The molecule has 0 bridgehead atoms. The number of hydrogen-bond donors (Lipinski definition) is 1. The Morgan fingerprint density at radius 3 is 2.17 bits per heavy atom. The summed E-state index contributed by atoms with van der Waals surface area (Å²) in [6.07, 6.45) is 3.10. The summed E-state index contributed by atoms with van der Waals surface area (Å²) in [5.41, 5.74) is 10.3. The molecule has 2 saturated heterocycles. The van der Waals surface area contributed by atoms with Gasteiger partial charge in [0.1, 0.15) is 6.04 Å². The zero-order valence-corrected chi connectivity index (χ0v) is 23.5. The van der Waals surface area contributed by atoms with Gasteiger partial charge in [-0.15, -0.1) is 0 Å². The normalized spacial score (nSPS) is 19.1. The van der Waals surface area contributed by atoms with Gasteiger partial charge in [-0.1, -0.05) is 91.0 Å². The molecular weight excluding hydrogens is 508 g/mol. The van der Waals surface area contributed by atoms with Crippen molar-refractivity contribution in [3.05, 3.63) is 108 Å². The van der Waals surface area contributed by atoms with Crippen LogP contribution in [0, 0.1) is 0 Å². The van der Waals surface area contributed by atoms with Crippen LogP contribution in [0.5, 0.6) is 0 Å². The number of amides is 3. The maximum Gasteiger partial charge on any atom is 0.321 e. The van der Waals surface area contributed by atoms with Crippen LogP contribution in [-0.4, -0.2) is 58.4 Å². The minimum Gasteiger partial charge on any atom is -0.337 e. The highest BCUT2D eigenvalue weighted by Crippen LogP contribution is 2.31. The number of benzene rings is 4. The molecule has 0 radical (unpaired) electrons. The van der Waals surface area contributed by atoms with Crippen LogP contribution < -0.4 is 5.73 Å². The maximum absolute atomic E-state index is 14.0. The number of carbonyl (C=O) groups excluding carboxylic acids is 2. The predicted octanol–water partition coefficient (Wildman–Crippen LogP) is 6.04. The summed E-state index contributed by atoms with van der Waals surface area (Å²) in [6, 6.07) is 33.0. The zero-order valence-electron chi connectivity index (χ0n) is 23.5. The highest BCUT2D eigenvalue weighted by molar-refractivity contribution is 5.89. The Bertz CT molecular complexity index is 1500. The Labute approximate surface area is 242 Å². The largest absolute Gasteiger partial charge is 0.337 e. The van der Waals surface area contributed by atoms with E-state index < -0.39 is 6.04 Å². The van der Waals surface area contributed by atoms with Gasteiger partial charge in [-0.2, -0.15) is 0 Å². The minimum absolute atomic E-state index is 0.0270. The second kappa shape index (κ2) is 12.1. The van der Waals surface area contributed by atoms with Gasteiger partial charge in [0.15, 0.2) is 0 Å². The third kappa shape index (κ3) is 5.84. The molecule has 4 aromatic rings. The number of carbonyl (C=O) groups is 2. The van der Waals surface area contributed by atoms with Gasteiger partial charge in [0.05, 0.1) is 6.04 Å². The smallest absolute Gasteiger partial charge is 0.321 e. The topological polar surface area (TPSA) is 69.9 Å². The molecule has 0 aromatic heterocycles. The number of nitrogens with zero attached hydrogens (tertiary/aromatic N) is 3. The van der Waals surface area contributed by atoms with Gasteiger partial charge in [0.2, 0.25) is 5.91 Å². The fraction of sp³-hybridized carbons (Fsp3) is 0.314. The second-order valence-corrected chi connectivity index (χ2v) is 11.3. The molecule has 2 heterocycles. The molecule has 0 aliphatic carbocycles. The number of fused-ring (bicyclic) bond motifs is 2. The molecule has 0 saturated carbocycles. The van der Waals surface area contributed by atoms with Crippen molar-refractivity contribution in [3.63, 3.8) is 0 Å². The first-order valence-electron chi connectivity index (χ1n) is 14.8. The summed E-state index contributed by atoms with van der Waals surface area (Å²) in [4.78, 5) is 33.6. The van der Waals surface area contributed by atoms with E-state index in [2.05, 4.69) is 66.7 Å². The van der Waals surface area contributed by atoms with Crippen molar-refractivity contribution in [2.45, 2.75) is 50.9 Å². The van der Waals surface area contributed by atoms with Crippen molar-refractivity contribution in [2.24, 2.45) is 5.73 Å². The average Bonchev–Trinajstić information content (AvgIpc) is 3.25. The van der Waals surface area contributed by atoms with E-state index >= 15 is 0 Å². The van der Waals surface area contributed by atoms with E-state index in [4.69, 9.17) is 5.73 Å². The lowest BCUT2D eigenvalue weighted by Gasteiger charge is -2.31. The maximum atomic E-state index is 14.0. The van der Waals surface area contributed by atoms with E-state index in [0.717, 1.165) is 36.0 Å². The van der Waals surface area contributed by atoms with E-state index in [1.165, 1.54) is 16.3 Å². The van der Waals surface area contributed by atoms with Crippen LogP contribution in [-0.2, 0) is 17.9 Å². The van der Waals surface area contributed by atoms with Gasteiger partial charge in [-0.05, 0) is 71.3 Å². The molecule has 0 spiro atoms. The Balaban J connectivity index is 1.18. The molecule has 2 aliphatic heterocycles. The molecule has 4 aromatic carbocycles. The lowest BCUT2D eigenvalue weighted by atomic mass is 10.0. The van der Waals surface area contributed by atoms with Crippen molar-refractivity contribution >= 4 is 22.7 Å². The highest BCUT2D eigenvalue weighted by Gasteiger charge is 2.46. The number of urea groups is 1. The van der Waals surface area contributed by atoms with Gasteiger partial charge in [0, 0.05) is 26.2 Å². The molecule has 210 valence electrons. The van der Waals surface area contributed by atoms with E-state index in [1.807, 2.05) is 45.0 Å². The average molecular weight is 547 g/mol. The second-order valence-electron chi connectivity index (χ2n) is 11.3. The van der Waals surface area contributed by atoms with Crippen molar-refractivity contribution in [2.75, 3.05) is 19.6 Å². The van der Waals surface area contributed by atoms with Gasteiger partial charge in [-0.25, -0.2) is 4.79 Å². The molecule has 2 aliphatic rings.